The molecule has 6 heteroatoms. The average molecular weight is 310 g/mol. The Balaban J connectivity index is 2.03. The number of hydrogen-bond acceptors (Lipinski definition) is 5. The predicted molar refractivity (Wildman–Crippen MR) is 83.4 cm³/mol. The second kappa shape index (κ2) is 5.92. The highest BCUT2D eigenvalue weighted by Gasteiger charge is 2.15. The molecule has 0 saturated heterocycles. The van der Waals surface area contributed by atoms with Crippen molar-refractivity contribution in [3.05, 3.63) is 53.6 Å². The van der Waals surface area contributed by atoms with Gasteiger partial charge in [0.15, 0.2) is 0 Å². The Bertz CT molecular complexity index is 871. The summed E-state index contributed by atoms with van der Waals surface area (Å²) in [5.41, 5.74) is 2.44. The summed E-state index contributed by atoms with van der Waals surface area (Å²) in [5, 5.41) is 17.1. The van der Waals surface area contributed by atoms with Crippen LogP contribution >= 0.6 is 0 Å². The van der Waals surface area contributed by atoms with Gasteiger partial charge in [-0.05, 0) is 37.3 Å². The van der Waals surface area contributed by atoms with Crippen molar-refractivity contribution in [1.29, 1.82) is 0 Å². The van der Waals surface area contributed by atoms with Crippen molar-refractivity contribution in [2.75, 3.05) is 7.11 Å². The molecule has 0 spiro atoms. The molecule has 0 fully saturated rings. The summed E-state index contributed by atoms with van der Waals surface area (Å²) in [4.78, 5) is 11.0. The number of nitrogens with zero attached hydrogens (tertiary/aromatic N) is 2. The predicted octanol–water partition coefficient (Wildman–Crippen LogP) is 3.42. The molecule has 23 heavy (non-hydrogen) atoms. The molecule has 0 amide bonds. The third-order valence-electron chi connectivity index (χ3n) is 3.37. The van der Waals surface area contributed by atoms with E-state index in [0.717, 1.165) is 5.56 Å². The Labute approximate surface area is 132 Å². The average Bonchev–Trinajstić information content (AvgIpc) is 3.05. The van der Waals surface area contributed by atoms with Crippen LogP contribution in [0.4, 0.5) is 0 Å². The summed E-state index contributed by atoms with van der Waals surface area (Å²) in [7, 11) is 1.57. The highest BCUT2D eigenvalue weighted by atomic mass is 16.5. The molecular weight excluding hydrogens is 296 g/mol. The Morgan fingerprint density at radius 1 is 1.13 bits per heavy atom. The molecule has 1 heterocycles. The Hall–Kier alpha value is -3.15. The van der Waals surface area contributed by atoms with E-state index in [-0.39, 0.29) is 11.5 Å². The molecule has 0 bridgehead atoms. The third-order valence-corrected chi connectivity index (χ3v) is 3.37. The van der Waals surface area contributed by atoms with Gasteiger partial charge in [0.05, 0.1) is 18.2 Å². The molecule has 0 saturated carbocycles. The minimum Gasteiger partial charge on any atom is -0.496 e. The SMILES string of the molecule is COc1ccc(C)cc1-c1nnc(-c2cccc(C(=O)O)c2)o1. The van der Waals surface area contributed by atoms with Crippen LogP contribution in [0.25, 0.3) is 22.9 Å². The number of ether oxygens (including phenoxy) is 1. The van der Waals surface area contributed by atoms with Crippen LogP contribution in [0.1, 0.15) is 15.9 Å². The van der Waals surface area contributed by atoms with Crippen LogP contribution < -0.4 is 4.74 Å². The van der Waals surface area contributed by atoms with Crippen LogP contribution in [0.3, 0.4) is 0 Å². The van der Waals surface area contributed by atoms with Gasteiger partial charge in [0.25, 0.3) is 5.89 Å². The fourth-order valence-corrected chi connectivity index (χ4v) is 2.22. The van der Waals surface area contributed by atoms with Gasteiger partial charge in [-0.3, -0.25) is 0 Å². The zero-order valence-electron chi connectivity index (χ0n) is 12.6. The molecular formula is C17H14N2O4. The molecule has 0 radical (unpaired) electrons. The highest BCUT2D eigenvalue weighted by Crippen LogP contribution is 2.31. The largest absolute Gasteiger partial charge is 0.496 e. The molecule has 0 aliphatic rings. The van der Waals surface area contributed by atoms with E-state index in [9.17, 15) is 4.79 Å². The Morgan fingerprint density at radius 3 is 2.65 bits per heavy atom. The van der Waals surface area contributed by atoms with Gasteiger partial charge in [-0.25, -0.2) is 4.79 Å². The number of benzene rings is 2. The number of aryl methyl sites for hydroxylation is 1. The number of methoxy groups -OCH3 is 1. The number of carboxylic acids is 1. The van der Waals surface area contributed by atoms with Gasteiger partial charge in [0.1, 0.15) is 5.75 Å². The van der Waals surface area contributed by atoms with Crippen molar-refractivity contribution in [3.8, 4) is 28.7 Å². The monoisotopic (exact) mass is 310 g/mol. The van der Waals surface area contributed by atoms with Crippen molar-refractivity contribution in [3.63, 3.8) is 0 Å². The molecule has 3 aromatic rings. The van der Waals surface area contributed by atoms with Gasteiger partial charge in [-0.2, -0.15) is 0 Å². The Kier molecular flexibility index (Phi) is 3.80. The number of aromatic nitrogens is 2. The van der Waals surface area contributed by atoms with Crippen molar-refractivity contribution in [2.45, 2.75) is 6.92 Å². The number of hydrogen-bond donors (Lipinski definition) is 1. The molecule has 1 N–H and O–H groups in total. The minimum atomic E-state index is -1.01. The maximum absolute atomic E-state index is 11.0. The van der Waals surface area contributed by atoms with E-state index in [1.54, 1.807) is 19.2 Å². The van der Waals surface area contributed by atoms with Crippen LogP contribution in [0.5, 0.6) is 5.75 Å². The van der Waals surface area contributed by atoms with Crippen molar-refractivity contribution < 1.29 is 19.1 Å². The van der Waals surface area contributed by atoms with Crippen LogP contribution in [0.15, 0.2) is 46.9 Å². The van der Waals surface area contributed by atoms with Gasteiger partial charge in [0, 0.05) is 5.56 Å². The molecule has 0 unspecified atom stereocenters. The van der Waals surface area contributed by atoms with Crippen molar-refractivity contribution in [1.82, 2.24) is 10.2 Å². The van der Waals surface area contributed by atoms with E-state index in [2.05, 4.69) is 10.2 Å². The molecule has 0 atom stereocenters. The summed E-state index contributed by atoms with van der Waals surface area (Å²) < 4.78 is 11.0. The highest BCUT2D eigenvalue weighted by molar-refractivity contribution is 5.89. The summed E-state index contributed by atoms with van der Waals surface area (Å²) in [6, 6.07) is 12.0. The van der Waals surface area contributed by atoms with Gasteiger partial charge >= 0.3 is 5.97 Å². The minimum absolute atomic E-state index is 0.162. The molecule has 0 aliphatic heterocycles. The van der Waals surface area contributed by atoms with E-state index in [0.29, 0.717) is 22.8 Å². The zero-order valence-corrected chi connectivity index (χ0v) is 12.6. The zero-order chi connectivity index (χ0) is 16.4. The fourth-order valence-electron chi connectivity index (χ4n) is 2.22. The van der Waals surface area contributed by atoms with E-state index in [4.69, 9.17) is 14.3 Å². The van der Waals surface area contributed by atoms with Crippen LogP contribution in [0.2, 0.25) is 0 Å². The lowest BCUT2D eigenvalue weighted by Crippen LogP contribution is -1.95. The van der Waals surface area contributed by atoms with E-state index in [1.807, 2.05) is 25.1 Å². The van der Waals surface area contributed by atoms with Crippen molar-refractivity contribution in [2.24, 2.45) is 0 Å². The molecule has 0 aliphatic carbocycles. The molecule has 2 aromatic carbocycles. The second-order valence-corrected chi connectivity index (χ2v) is 5.00. The number of aromatic carboxylic acids is 1. The third kappa shape index (κ3) is 2.91. The normalized spacial score (nSPS) is 10.5. The van der Waals surface area contributed by atoms with Crippen LogP contribution in [-0.2, 0) is 0 Å². The Morgan fingerprint density at radius 2 is 1.91 bits per heavy atom. The molecule has 3 rings (SSSR count). The first-order valence-electron chi connectivity index (χ1n) is 6.90. The van der Waals surface area contributed by atoms with Gasteiger partial charge in [-0.1, -0.05) is 17.7 Å². The summed E-state index contributed by atoms with van der Waals surface area (Å²) in [5.74, 6) is 0.199. The van der Waals surface area contributed by atoms with E-state index < -0.39 is 5.97 Å². The van der Waals surface area contributed by atoms with Gasteiger partial charge in [0.2, 0.25) is 5.89 Å². The summed E-state index contributed by atoms with van der Waals surface area (Å²) in [6.45, 7) is 1.95. The number of rotatable bonds is 4. The lowest BCUT2D eigenvalue weighted by molar-refractivity contribution is 0.0697. The first-order chi connectivity index (χ1) is 11.1. The van der Waals surface area contributed by atoms with E-state index >= 15 is 0 Å². The molecule has 6 nitrogen and oxygen atoms in total. The van der Waals surface area contributed by atoms with Gasteiger partial charge in [-0.15, -0.1) is 10.2 Å². The first-order valence-corrected chi connectivity index (χ1v) is 6.90. The number of carboxylic acid groups (broad SMARTS) is 1. The summed E-state index contributed by atoms with van der Waals surface area (Å²) in [6.07, 6.45) is 0. The van der Waals surface area contributed by atoms with Crippen LogP contribution in [0, 0.1) is 6.92 Å². The lowest BCUT2D eigenvalue weighted by atomic mass is 10.1. The topological polar surface area (TPSA) is 85.5 Å². The maximum Gasteiger partial charge on any atom is 0.335 e. The lowest BCUT2D eigenvalue weighted by Gasteiger charge is -2.05. The maximum atomic E-state index is 11.0. The fraction of sp³-hybridized carbons (Fsp3) is 0.118. The van der Waals surface area contributed by atoms with E-state index in [1.165, 1.54) is 12.1 Å². The smallest absolute Gasteiger partial charge is 0.335 e. The quantitative estimate of drug-likeness (QED) is 0.794. The van der Waals surface area contributed by atoms with Gasteiger partial charge < -0.3 is 14.3 Å². The standard InChI is InChI=1S/C17H14N2O4/c1-10-6-7-14(22-2)13(8-10)16-19-18-15(23-16)11-4-3-5-12(9-11)17(20)21/h3-9H,1-2H3,(H,20,21). The first kappa shape index (κ1) is 14.8. The van der Waals surface area contributed by atoms with Crippen LogP contribution in [-0.4, -0.2) is 28.4 Å². The molecule has 116 valence electrons. The summed E-state index contributed by atoms with van der Waals surface area (Å²) >= 11 is 0. The second-order valence-electron chi connectivity index (χ2n) is 5.00. The van der Waals surface area contributed by atoms with Crippen molar-refractivity contribution >= 4 is 5.97 Å². The number of carbonyl (C=O) groups is 1. The molecule has 1 aromatic heterocycles.